The molecule has 2 bridgehead atoms. The van der Waals surface area contributed by atoms with Crippen LogP contribution in [0, 0.1) is 5.92 Å². The summed E-state index contributed by atoms with van der Waals surface area (Å²) in [5, 5.41) is 10.8. The van der Waals surface area contributed by atoms with Gasteiger partial charge in [0, 0.05) is 30.2 Å². The van der Waals surface area contributed by atoms with E-state index in [1.807, 2.05) is 30.3 Å². The van der Waals surface area contributed by atoms with Gasteiger partial charge in [0.25, 0.3) is 5.56 Å². The van der Waals surface area contributed by atoms with Crippen molar-refractivity contribution in [2.24, 2.45) is 5.92 Å². The van der Waals surface area contributed by atoms with Crippen molar-refractivity contribution < 1.29 is 14.6 Å². The predicted molar refractivity (Wildman–Crippen MR) is 132 cm³/mol. The van der Waals surface area contributed by atoms with Crippen LogP contribution in [0.25, 0.3) is 15.9 Å². The van der Waals surface area contributed by atoms with E-state index in [0.717, 1.165) is 42.0 Å². The van der Waals surface area contributed by atoms with Crippen LogP contribution in [-0.2, 0) is 4.74 Å². The molecule has 180 valence electrons. The maximum Gasteiger partial charge on any atom is 0.275 e. The first kappa shape index (κ1) is 22.2. The molecule has 1 aromatic carbocycles. The third-order valence-corrected chi connectivity index (χ3v) is 9.12. The van der Waals surface area contributed by atoms with Crippen LogP contribution in [0.15, 0.2) is 41.5 Å². The number of aliphatic hydroxyl groups excluding tert-OH is 1. The summed E-state index contributed by atoms with van der Waals surface area (Å²) in [4.78, 5) is 21.1. The highest BCUT2D eigenvalue weighted by atomic mass is 32.1. The molecule has 3 saturated heterocycles. The molecule has 3 aliphatic heterocycles. The minimum absolute atomic E-state index is 0.110. The standard InChI is InChI=1S/C26H31N3O4S/c1-28-18-2-3-19(28)13-21(12-18)33-20-6-4-17(5-7-20)29-15-27-22-14-23(34-25(22)26(29)31)24(30)16-8-10-32-11-9-16/h4-7,14-16,18-19,21,24,30H,2-3,8-13H2,1H3/t18-,19?,21?,24?/m0/s1. The second-order valence-corrected chi connectivity index (χ2v) is 11.0. The Kier molecular flexibility index (Phi) is 5.93. The van der Waals surface area contributed by atoms with Gasteiger partial charge in [-0.05, 0) is 81.8 Å². The zero-order valence-electron chi connectivity index (χ0n) is 19.4. The van der Waals surface area contributed by atoms with Crippen molar-refractivity contribution in [3.8, 4) is 11.4 Å². The zero-order valence-corrected chi connectivity index (χ0v) is 20.2. The van der Waals surface area contributed by atoms with Crippen LogP contribution in [0.3, 0.4) is 0 Å². The third-order valence-electron chi connectivity index (χ3n) is 7.93. The second-order valence-electron chi connectivity index (χ2n) is 9.93. The first-order valence-corrected chi connectivity index (χ1v) is 13.1. The van der Waals surface area contributed by atoms with E-state index in [2.05, 4.69) is 16.9 Å². The van der Waals surface area contributed by atoms with Gasteiger partial charge in [0.1, 0.15) is 22.9 Å². The summed E-state index contributed by atoms with van der Waals surface area (Å²) in [5.74, 6) is 1.01. The molecule has 6 rings (SSSR count). The molecule has 0 radical (unpaired) electrons. The van der Waals surface area contributed by atoms with Gasteiger partial charge in [0.2, 0.25) is 0 Å². The molecule has 5 heterocycles. The first-order chi connectivity index (χ1) is 16.6. The van der Waals surface area contributed by atoms with Crippen molar-refractivity contribution in [1.82, 2.24) is 14.5 Å². The van der Waals surface area contributed by atoms with Crippen LogP contribution in [0.2, 0.25) is 0 Å². The Bertz CT molecular complexity index is 1200. The van der Waals surface area contributed by atoms with Gasteiger partial charge in [-0.1, -0.05) is 0 Å². The molecule has 3 unspecified atom stereocenters. The highest BCUT2D eigenvalue weighted by Crippen LogP contribution is 2.37. The lowest BCUT2D eigenvalue weighted by molar-refractivity contribution is 0.00856. The van der Waals surface area contributed by atoms with E-state index in [4.69, 9.17) is 9.47 Å². The molecule has 4 atom stereocenters. The molecule has 7 nitrogen and oxygen atoms in total. The number of hydrogen-bond donors (Lipinski definition) is 1. The Morgan fingerprint density at radius 2 is 1.82 bits per heavy atom. The number of piperidine rings is 1. The maximum atomic E-state index is 13.2. The van der Waals surface area contributed by atoms with E-state index in [9.17, 15) is 9.90 Å². The molecule has 2 aromatic heterocycles. The predicted octanol–water partition coefficient (Wildman–Crippen LogP) is 3.91. The number of rotatable bonds is 5. The van der Waals surface area contributed by atoms with Crippen molar-refractivity contribution in [2.45, 2.75) is 62.8 Å². The lowest BCUT2D eigenvalue weighted by atomic mass is 9.93. The SMILES string of the molecule is CN1C2CC[C@H]1CC(Oc1ccc(-n3cnc4cc(C(O)C5CCOCC5)sc4c3=O)cc1)C2. The number of benzene rings is 1. The quantitative estimate of drug-likeness (QED) is 0.596. The minimum atomic E-state index is -0.581. The Morgan fingerprint density at radius 3 is 2.53 bits per heavy atom. The normalized spacial score (nSPS) is 26.7. The highest BCUT2D eigenvalue weighted by Gasteiger charge is 2.39. The number of fused-ring (bicyclic) bond motifs is 3. The van der Waals surface area contributed by atoms with Gasteiger partial charge in [0.05, 0.1) is 17.3 Å². The average molecular weight is 482 g/mol. The summed E-state index contributed by atoms with van der Waals surface area (Å²) in [6.45, 7) is 1.35. The molecular weight excluding hydrogens is 450 g/mol. The van der Waals surface area contributed by atoms with Gasteiger partial charge >= 0.3 is 0 Å². The Balaban J connectivity index is 1.20. The summed E-state index contributed by atoms with van der Waals surface area (Å²) in [5.41, 5.74) is 1.29. The van der Waals surface area contributed by atoms with Crippen LogP contribution in [0.1, 0.15) is 49.5 Å². The molecule has 0 spiro atoms. The van der Waals surface area contributed by atoms with Crippen molar-refractivity contribution in [1.29, 1.82) is 0 Å². The fourth-order valence-corrected chi connectivity index (χ4v) is 6.98. The van der Waals surface area contributed by atoms with Gasteiger partial charge in [-0.15, -0.1) is 11.3 Å². The monoisotopic (exact) mass is 481 g/mol. The van der Waals surface area contributed by atoms with Gasteiger partial charge < -0.3 is 19.5 Å². The lowest BCUT2D eigenvalue weighted by Gasteiger charge is -2.36. The van der Waals surface area contributed by atoms with Crippen LogP contribution in [0.5, 0.6) is 5.75 Å². The molecule has 3 aliphatic rings. The van der Waals surface area contributed by atoms with Crippen LogP contribution >= 0.6 is 11.3 Å². The average Bonchev–Trinajstić information content (AvgIpc) is 3.37. The van der Waals surface area contributed by atoms with E-state index in [0.29, 0.717) is 35.5 Å². The van der Waals surface area contributed by atoms with Gasteiger partial charge in [-0.25, -0.2) is 4.98 Å². The smallest absolute Gasteiger partial charge is 0.275 e. The van der Waals surface area contributed by atoms with E-state index < -0.39 is 6.10 Å². The first-order valence-electron chi connectivity index (χ1n) is 12.3. The van der Waals surface area contributed by atoms with E-state index in [1.54, 1.807) is 10.9 Å². The molecule has 3 aromatic rings. The molecular formula is C26H31N3O4S. The molecule has 3 fully saturated rings. The number of thiophene rings is 1. The third kappa shape index (κ3) is 4.06. The summed E-state index contributed by atoms with van der Waals surface area (Å²) < 4.78 is 13.9. The van der Waals surface area contributed by atoms with Gasteiger partial charge in [0.15, 0.2) is 0 Å². The zero-order chi connectivity index (χ0) is 23.2. The second kappa shape index (κ2) is 9.07. The topological polar surface area (TPSA) is 76.8 Å². The fraction of sp³-hybridized carbons (Fsp3) is 0.538. The van der Waals surface area contributed by atoms with E-state index in [1.165, 1.54) is 24.2 Å². The Labute approximate surface area is 202 Å². The summed E-state index contributed by atoms with van der Waals surface area (Å²) in [7, 11) is 2.23. The summed E-state index contributed by atoms with van der Waals surface area (Å²) in [6, 6.07) is 10.9. The van der Waals surface area contributed by atoms with Crippen molar-refractivity contribution >= 4 is 21.6 Å². The largest absolute Gasteiger partial charge is 0.490 e. The van der Waals surface area contributed by atoms with E-state index >= 15 is 0 Å². The molecule has 0 amide bonds. The van der Waals surface area contributed by atoms with Crippen LogP contribution in [-0.4, -0.2) is 58.0 Å². The molecule has 0 aliphatic carbocycles. The van der Waals surface area contributed by atoms with Gasteiger partial charge in [-0.2, -0.15) is 0 Å². The van der Waals surface area contributed by atoms with Crippen LogP contribution in [0.4, 0.5) is 0 Å². The molecule has 8 heteroatoms. The van der Waals surface area contributed by atoms with E-state index in [-0.39, 0.29) is 17.6 Å². The molecule has 34 heavy (non-hydrogen) atoms. The number of hydrogen-bond acceptors (Lipinski definition) is 7. The Morgan fingerprint density at radius 1 is 1.12 bits per heavy atom. The Hall–Kier alpha value is -2.26. The lowest BCUT2D eigenvalue weighted by Crippen LogP contribution is -2.43. The summed E-state index contributed by atoms with van der Waals surface area (Å²) in [6.07, 6.45) is 7.62. The minimum Gasteiger partial charge on any atom is -0.490 e. The maximum absolute atomic E-state index is 13.2. The number of ether oxygens (including phenoxy) is 2. The van der Waals surface area contributed by atoms with Crippen molar-refractivity contribution in [2.75, 3.05) is 20.3 Å². The number of aliphatic hydroxyl groups is 1. The molecule has 0 saturated carbocycles. The van der Waals surface area contributed by atoms with Crippen molar-refractivity contribution in [3.05, 3.63) is 51.9 Å². The van der Waals surface area contributed by atoms with Crippen LogP contribution < -0.4 is 10.3 Å². The van der Waals surface area contributed by atoms with Gasteiger partial charge in [-0.3, -0.25) is 9.36 Å². The number of nitrogens with zero attached hydrogens (tertiary/aromatic N) is 3. The highest BCUT2D eigenvalue weighted by molar-refractivity contribution is 7.19. The number of aromatic nitrogens is 2. The van der Waals surface area contributed by atoms with Crippen molar-refractivity contribution in [3.63, 3.8) is 0 Å². The fourth-order valence-electron chi connectivity index (χ4n) is 5.86. The summed E-state index contributed by atoms with van der Waals surface area (Å²) >= 11 is 1.35. The molecule has 1 N–H and O–H groups in total.